The second-order valence-electron chi connectivity index (χ2n) is 17.6. The van der Waals surface area contributed by atoms with Gasteiger partial charge in [0.15, 0.2) is 0 Å². The van der Waals surface area contributed by atoms with Crippen LogP contribution in [0.15, 0.2) is 290 Å². The number of furan rings is 1. The monoisotopic (exact) mass is 881 g/mol. The minimum absolute atomic E-state index is 0.687. The summed E-state index contributed by atoms with van der Waals surface area (Å²) >= 11 is 0. The summed E-state index contributed by atoms with van der Waals surface area (Å²) in [7, 11) is 0. The number of anilines is 3. The highest BCUT2D eigenvalue weighted by atomic mass is 16.3. The molecule has 2 nitrogen and oxygen atoms in total. The Hall–Kier alpha value is -8.98. The van der Waals surface area contributed by atoms with Gasteiger partial charge in [-0.25, -0.2) is 0 Å². The molecule has 0 N–H and O–H groups in total. The highest BCUT2D eigenvalue weighted by Crippen LogP contribution is 2.48. The standard InChI is InChI=1S/C67H47NO/c1-6-19-48(20-7-1)50-37-43-58(44-38-50)68(59-45-39-51(40-46-59)49-21-8-2-9-22-49)60-30-16-29-57(47-60)67(54-25-12-4-13-26-54,55-27-14-5-15-28-55)56-41-35-53(36-42-56)62-32-18-34-64-63-33-17-31-61(65(63)69-66(62)64)52-23-10-3-11-24-52/h1-47H. The molecule has 0 amide bonds. The topological polar surface area (TPSA) is 16.4 Å². The molecule has 0 radical (unpaired) electrons. The maximum Gasteiger partial charge on any atom is 0.143 e. The SMILES string of the molecule is c1ccc(-c2ccc(N(c3ccc(-c4ccccc4)cc3)c3cccc(C(c4ccccc4)(c4ccccc4)c4ccc(-c5cccc6c5oc5c(-c7ccccc7)cccc56)cc4)c3)cc2)cc1. The number of hydrogen-bond acceptors (Lipinski definition) is 2. The average molecular weight is 882 g/mol. The lowest BCUT2D eigenvalue weighted by molar-refractivity contribution is 0.671. The van der Waals surface area contributed by atoms with Crippen molar-refractivity contribution in [1.82, 2.24) is 0 Å². The molecule has 0 aliphatic heterocycles. The molecule has 2 heteroatoms. The molecular weight excluding hydrogens is 835 g/mol. The van der Waals surface area contributed by atoms with Crippen molar-refractivity contribution < 1.29 is 4.42 Å². The van der Waals surface area contributed by atoms with Crippen molar-refractivity contribution in [2.45, 2.75) is 5.41 Å². The summed E-state index contributed by atoms with van der Waals surface area (Å²) in [4.78, 5) is 2.38. The number of rotatable bonds is 11. The highest BCUT2D eigenvalue weighted by Gasteiger charge is 2.39. The van der Waals surface area contributed by atoms with Gasteiger partial charge in [-0.2, -0.15) is 0 Å². The van der Waals surface area contributed by atoms with Crippen LogP contribution in [0, 0.1) is 0 Å². The molecule has 0 saturated carbocycles. The van der Waals surface area contributed by atoms with Crippen molar-refractivity contribution in [3.05, 3.63) is 307 Å². The van der Waals surface area contributed by atoms with Gasteiger partial charge in [0, 0.05) is 39.0 Å². The number of para-hydroxylation sites is 2. The quantitative estimate of drug-likeness (QED) is 0.120. The lowest BCUT2D eigenvalue weighted by Gasteiger charge is -2.38. The van der Waals surface area contributed by atoms with Crippen molar-refractivity contribution in [2.24, 2.45) is 0 Å². The molecule has 0 aliphatic rings. The minimum atomic E-state index is -0.687. The molecule has 1 heterocycles. The number of benzene rings is 11. The fraction of sp³-hybridized carbons (Fsp3) is 0.0149. The first kappa shape index (κ1) is 41.5. The Bertz CT molecular complexity index is 3540. The maximum absolute atomic E-state index is 6.89. The number of fused-ring (bicyclic) bond motifs is 3. The predicted octanol–water partition coefficient (Wildman–Crippen LogP) is 18.1. The third-order valence-electron chi connectivity index (χ3n) is 13.7. The van der Waals surface area contributed by atoms with Crippen LogP contribution in [0.2, 0.25) is 0 Å². The van der Waals surface area contributed by atoms with Crippen LogP contribution in [0.25, 0.3) is 66.4 Å². The van der Waals surface area contributed by atoms with Crippen molar-refractivity contribution in [3.63, 3.8) is 0 Å². The molecule has 0 atom stereocenters. The molecule has 11 aromatic carbocycles. The molecule has 0 spiro atoms. The normalized spacial score (nSPS) is 11.5. The van der Waals surface area contributed by atoms with E-state index in [1.54, 1.807) is 0 Å². The van der Waals surface area contributed by atoms with Gasteiger partial charge in [-0.1, -0.05) is 249 Å². The van der Waals surface area contributed by atoms with Gasteiger partial charge in [-0.3, -0.25) is 0 Å². The Morgan fingerprint density at radius 2 is 0.594 bits per heavy atom. The molecule has 12 rings (SSSR count). The van der Waals surface area contributed by atoms with E-state index in [1.165, 1.54) is 33.4 Å². The van der Waals surface area contributed by atoms with E-state index in [1.807, 2.05) is 0 Å². The largest absolute Gasteiger partial charge is 0.455 e. The number of nitrogens with zero attached hydrogens (tertiary/aromatic N) is 1. The van der Waals surface area contributed by atoms with Crippen molar-refractivity contribution >= 4 is 39.0 Å². The second-order valence-corrected chi connectivity index (χ2v) is 17.6. The molecule has 69 heavy (non-hydrogen) atoms. The fourth-order valence-corrected chi connectivity index (χ4v) is 10.4. The van der Waals surface area contributed by atoms with Gasteiger partial charge >= 0.3 is 0 Å². The Morgan fingerprint density at radius 1 is 0.246 bits per heavy atom. The fourth-order valence-electron chi connectivity index (χ4n) is 10.4. The Morgan fingerprint density at radius 3 is 1.06 bits per heavy atom. The Kier molecular flexibility index (Phi) is 10.8. The first-order valence-electron chi connectivity index (χ1n) is 23.7. The Labute approximate surface area is 403 Å². The minimum Gasteiger partial charge on any atom is -0.455 e. The summed E-state index contributed by atoms with van der Waals surface area (Å²) in [6.07, 6.45) is 0. The molecule has 0 saturated heterocycles. The molecule has 12 aromatic rings. The smallest absolute Gasteiger partial charge is 0.143 e. The third-order valence-corrected chi connectivity index (χ3v) is 13.7. The van der Waals surface area contributed by atoms with Crippen LogP contribution in [0.3, 0.4) is 0 Å². The van der Waals surface area contributed by atoms with E-state index in [9.17, 15) is 0 Å². The van der Waals surface area contributed by atoms with E-state index >= 15 is 0 Å². The molecule has 0 aliphatic carbocycles. The maximum atomic E-state index is 6.89. The van der Waals surface area contributed by atoms with Crippen LogP contribution in [0.5, 0.6) is 0 Å². The molecule has 1 aromatic heterocycles. The second kappa shape index (κ2) is 18.0. The Balaban J connectivity index is 1.02. The first-order valence-corrected chi connectivity index (χ1v) is 23.7. The molecule has 0 fully saturated rings. The summed E-state index contributed by atoms with van der Waals surface area (Å²) in [5.74, 6) is 0. The van der Waals surface area contributed by atoms with Gasteiger partial charge < -0.3 is 9.32 Å². The van der Waals surface area contributed by atoms with Crippen molar-refractivity contribution in [2.75, 3.05) is 4.90 Å². The van der Waals surface area contributed by atoms with Crippen LogP contribution in [-0.2, 0) is 5.41 Å². The van der Waals surface area contributed by atoms with Gasteiger partial charge in [0.05, 0.1) is 5.41 Å². The summed E-state index contributed by atoms with van der Waals surface area (Å²) in [5.41, 5.74) is 18.1. The van der Waals surface area contributed by atoms with Crippen LogP contribution in [0.4, 0.5) is 17.1 Å². The van der Waals surface area contributed by atoms with E-state index in [0.717, 1.165) is 72.4 Å². The molecular formula is C67H47NO. The van der Waals surface area contributed by atoms with Gasteiger partial charge in [0.2, 0.25) is 0 Å². The summed E-state index contributed by atoms with van der Waals surface area (Å²) in [6.45, 7) is 0. The summed E-state index contributed by atoms with van der Waals surface area (Å²) < 4.78 is 6.89. The predicted molar refractivity (Wildman–Crippen MR) is 288 cm³/mol. The lowest BCUT2D eigenvalue weighted by Crippen LogP contribution is -2.31. The van der Waals surface area contributed by atoms with Crippen molar-refractivity contribution in [1.29, 1.82) is 0 Å². The zero-order chi connectivity index (χ0) is 46.0. The highest BCUT2D eigenvalue weighted by molar-refractivity contribution is 6.13. The number of hydrogen-bond donors (Lipinski definition) is 0. The van der Waals surface area contributed by atoms with Crippen LogP contribution in [0.1, 0.15) is 22.3 Å². The molecule has 326 valence electrons. The van der Waals surface area contributed by atoms with Crippen LogP contribution >= 0.6 is 0 Å². The van der Waals surface area contributed by atoms with Crippen molar-refractivity contribution in [3.8, 4) is 44.5 Å². The van der Waals surface area contributed by atoms with Gasteiger partial charge in [0.1, 0.15) is 11.2 Å². The first-order chi connectivity index (χ1) is 34.2. The zero-order valence-corrected chi connectivity index (χ0v) is 38.0. The summed E-state index contributed by atoms with van der Waals surface area (Å²) in [5, 5.41) is 2.23. The van der Waals surface area contributed by atoms with Gasteiger partial charge in [-0.15, -0.1) is 0 Å². The van der Waals surface area contributed by atoms with E-state index in [-0.39, 0.29) is 0 Å². The average Bonchev–Trinajstić information content (AvgIpc) is 3.83. The molecule has 0 bridgehead atoms. The van der Waals surface area contributed by atoms with Crippen LogP contribution < -0.4 is 4.90 Å². The van der Waals surface area contributed by atoms with E-state index < -0.39 is 5.41 Å². The third kappa shape index (κ3) is 7.59. The van der Waals surface area contributed by atoms with E-state index in [4.69, 9.17) is 4.42 Å². The van der Waals surface area contributed by atoms with Crippen LogP contribution in [-0.4, -0.2) is 0 Å². The van der Waals surface area contributed by atoms with E-state index in [0.29, 0.717) is 0 Å². The summed E-state index contributed by atoms with van der Waals surface area (Å²) in [6, 6.07) is 103. The van der Waals surface area contributed by atoms with Gasteiger partial charge in [-0.05, 0) is 92.0 Å². The lowest BCUT2D eigenvalue weighted by atomic mass is 9.65. The van der Waals surface area contributed by atoms with Gasteiger partial charge in [0.25, 0.3) is 0 Å². The molecule has 0 unspecified atom stereocenters. The zero-order valence-electron chi connectivity index (χ0n) is 38.0. The van der Waals surface area contributed by atoms with E-state index in [2.05, 4.69) is 290 Å².